The van der Waals surface area contributed by atoms with Crippen LogP contribution in [0.2, 0.25) is 0 Å². The lowest BCUT2D eigenvalue weighted by Gasteiger charge is -2.25. The average molecular weight is 408 g/mol. The number of hydrogen-bond donors (Lipinski definition) is 0. The highest BCUT2D eigenvalue weighted by Crippen LogP contribution is 2.28. The molecule has 6 nitrogen and oxygen atoms in total. The second-order valence-corrected chi connectivity index (χ2v) is 8.47. The molecule has 3 aromatic rings. The van der Waals surface area contributed by atoms with Crippen LogP contribution in [0.3, 0.4) is 0 Å². The van der Waals surface area contributed by atoms with Crippen molar-refractivity contribution in [1.29, 1.82) is 0 Å². The van der Waals surface area contributed by atoms with Crippen molar-refractivity contribution >= 4 is 39.3 Å². The molecule has 4 rings (SSSR count). The van der Waals surface area contributed by atoms with Crippen LogP contribution in [-0.2, 0) is 16.1 Å². The predicted octanol–water partition coefficient (Wildman–Crippen LogP) is 4.05. The number of amides is 2. The van der Waals surface area contributed by atoms with Crippen molar-refractivity contribution in [2.45, 2.75) is 32.9 Å². The van der Waals surface area contributed by atoms with E-state index >= 15 is 0 Å². The van der Waals surface area contributed by atoms with Crippen molar-refractivity contribution in [2.24, 2.45) is 5.92 Å². The van der Waals surface area contributed by atoms with Crippen LogP contribution in [0.5, 0.6) is 0 Å². The molecule has 1 atom stereocenters. The molecule has 1 aliphatic heterocycles. The summed E-state index contributed by atoms with van der Waals surface area (Å²) in [5.74, 6) is -1.40. The van der Waals surface area contributed by atoms with E-state index in [4.69, 9.17) is 4.74 Å². The van der Waals surface area contributed by atoms with Gasteiger partial charge < -0.3 is 4.74 Å². The van der Waals surface area contributed by atoms with Crippen LogP contribution in [0, 0.1) is 5.92 Å². The van der Waals surface area contributed by atoms with E-state index in [0.717, 1.165) is 15.1 Å². The molecule has 2 amide bonds. The van der Waals surface area contributed by atoms with Gasteiger partial charge in [0.15, 0.2) is 0 Å². The topological polar surface area (TPSA) is 76.6 Å². The summed E-state index contributed by atoms with van der Waals surface area (Å²) < 4.78 is 6.50. The molecule has 0 radical (unpaired) electrons. The Labute approximate surface area is 172 Å². The Morgan fingerprint density at radius 2 is 1.66 bits per heavy atom. The number of hydrogen-bond acceptors (Lipinski definition) is 6. The van der Waals surface area contributed by atoms with Gasteiger partial charge in [0.2, 0.25) is 0 Å². The zero-order valence-corrected chi connectivity index (χ0v) is 16.9. The van der Waals surface area contributed by atoms with Crippen LogP contribution in [0.15, 0.2) is 48.5 Å². The van der Waals surface area contributed by atoms with E-state index in [9.17, 15) is 14.4 Å². The maximum Gasteiger partial charge on any atom is 0.329 e. The second-order valence-electron chi connectivity index (χ2n) is 7.35. The number of thiazole rings is 1. The van der Waals surface area contributed by atoms with Gasteiger partial charge in [-0.05, 0) is 36.6 Å². The number of carbonyl (C=O) groups is 3. The molecule has 0 aliphatic carbocycles. The maximum atomic E-state index is 12.9. The van der Waals surface area contributed by atoms with Gasteiger partial charge in [0.1, 0.15) is 17.7 Å². The first kappa shape index (κ1) is 19.3. The van der Waals surface area contributed by atoms with Crippen molar-refractivity contribution in [3.05, 3.63) is 64.7 Å². The molecule has 0 unspecified atom stereocenters. The first-order chi connectivity index (χ1) is 14.0. The number of para-hydroxylation sites is 1. The van der Waals surface area contributed by atoms with Crippen molar-refractivity contribution in [3.63, 3.8) is 0 Å². The molecule has 2 heterocycles. The van der Waals surface area contributed by atoms with E-state index in [2.05, 4.69) is 4.98 Å². The third-order valence-corrected chi connectivity index (χ3v) is 5.79. The van der Waals surface area contributed by atoms with Gasteiger partial charge in [0.25, 0.3) is 11.8 Å². The fraction of sp³-hybridized carbons (Fsp3) is 0.273. The molecule has 1 aromatic heterocycles. The Morgan fingerprint density at radius 1 is 1.03 bits per heavy atom. The van der Waals surface area contributed by atoms with E-state index in [1.807, 2.05) is 38.1 Å². The Morgan fingerprint density at radius 3 is 2.28 bits per heavy atom. The lowest BCUT2D eigenvalue weighted by atomic mass is 10.0. The van der Waals surface area contributed by atoms with Crippen LogP contribution < -0.4 is 0 Å². The van der Waals surface area contributed by atoms with Gasteiger partial charge in [-0.2, -0.15) is 0 Å². The normalized spacial score (nSPS) is 14.5. The Balaban J connectivity index is 1.54. The lowest BCUT2D eigenvalue weighted by Crippen LogP contribution is -2.46. The highest BCUT2D eigenvalue weighted by atomic mass is 32.1. The average Bonchev–Trinajstić information content (AvgIpc) is 3.23. The fourth-order valence-corrected chi connectivity index (χ4v) is 4.34. The summed E-state index contributed by atoms with van der Waals surface area (Å²) in [7, 11) is 0. The van der Waals surface area contributed by atoms with E-state index in [1.54, 1.807) is 24.3 Å². The summed E-state index contributed by atoms with van der Waals surface area (Å²) in [5.41, 5.74) is 1.50. The zero-order chi connectivity index (χ0) is 20.5. The monoisotopic (exact) mass is 408 g/mol. The molecule has 0 fully saturated rings. The largest absolute Gasteiger partial charge is 0.457 e. The van der Waals surface area contributed by atoms with E-state index in [1.165, 1.54) is 11.3 Å². The number of nitrogens with zero attached hydrogens (tertiary/aromatic N) is 2. The first-order valence-electron chi connectivity index (χ1n) is 9.43. The molecule has 148 valence electrons. The number of imide groups is 1. The molecule has 1 aliphatic rings. The van der Waals surface area contributed by atoms with Gasteiger partial charge >= 0.3 is 5.97 Å². The van der Waals surface area contributed by atoms with E-state index in [0.29, 0.717) is 22.6 Å². The molecule has 29 heavy (non-hydrogen) atoms. The van der Waals surface area contributed by atoms with E-state index in [-0.39, 0.29) is 12.5 Å². The number of rotatable bonds is 6. The highest BCUT2D eigenvalue weighted by molar-refractivity contribution is 7.18. The molecule has 2 aromatic carbocycles. The number of aromatic nitrogens is 1. The first-order valence-corrected chi connectivity index (χ1v) is 10.3. The predicted molar refractivity (Wildman–Crippen MR) is 110 cm³/mol. The van der Waals surface area contributed by atoms with Gasteiger partial charge in [-0.25, -0.2) is 9.78 Å². The third kappa shape index (κ3) is 3.65. The highest BCUT2D eigenvalue weighted by Gasteiger charge is 2.43. The number of ether oxygens (including phenoxy) is 1. The van der Waals surface area contributed by atoms with Crippen molar-refractivity contribution < 1.29 is 19.1 Å². The molecule has 0 saturated heterocycles. The van der Waals surface area contributed by atoms with Crippen LogP contribution in [0.4, 0.5) is 0 Å². The summed E-state index contributed by atoms with van der Waals surface area (Å²) in [6.07, 6.45) is 0.337. The summed E-state index contributed by atoms with van der Waals surface area (Å²) >= 11 is 1.45. The summed E-state index contributed by atoms with van der Waals surface area (Å²) in [5, 5.41) is 0.671. The quantitative estimate of drug-likeness (QED) is 0.454. The van der Waals surface area contributed by atoms with Gasteiger partial charge in [-0.1, -0.05) is 38.1 Å². The van der Waals surface area contributed by atoms with Gasteiger partial charge in [-0.3, -0.25) is 14.5 Å². The maximum absolute atomic E-state index is 12.9. The Bertz CT molecular complexity index is 1040. The van der Waals surface area contributed by atoms with Crippen LogP contribution in [0.1, 0.15) is 46.0 Å². The van der Waals surface area contributed by atoms with Gasteiger partial charge in [-0.15, -0.1) is 11.3 Å². The molecule has 0 spiro atoms. The molecular weight excluding hydrogens is 388 g/mol. The number of esters is 1. The van der Waals surface area contributed by atoms with Crippen LogP contribution >= 0.6 is 11.3 Å². The molecular formula is C22H20N2O4S. The number of benzene rings is 2. The fourth-order valence-electron chi connectivity index (χ4n) is 3.46. The molecule has 0 bridgehead atoms. The third-order valence-electron chi connectivity index (χ3n) is 4.78. The summed E-state index contributed by atoms with van der Waals surface area (Å²) in [4.78, 5) is 44.0. The van der Waals surface area contributed by atoms with Crippen LogP contribution in [-0.4, -0.2) is 33.7 Å². The lowest BCUT2D eigenvalue weighted by molar-refractivity contribution is -0.150. The minimum Gasteiger partial charge on any atom is -0.457 e. The summed E-state index contributed by atoms with van der Waals surface area (Å²) in [6.45, 7) is 3.88. The van der Waals surface area contributed by atoms with Crippen LogP contribution in [0.25, 0.3) is 10.2 Å². The minimum absolute atomic E-state index is 0.00987. The zero-order valence-electron chi connectivity index (χ0n) is 16.1. The number of carbonyl (C=O) groups excluding carboxylic acids is 3. The second kappa shape index (κ2) is 7.75. The van der Waals surface area contributed by atoms with Gasteiger partial charge in [0, 0.05) is 0 Å². The SMILES string of the molecule is CC(C)C[C@@H](C(=O)OCc1nc2ccccc2s1)N1C(=O)c2ccccc2C1=O. The molecule has 0 saturated carbocycles. The molecule has 0 N–H and O–H groups in total. The Hall–Kier alpha value is -3.06. The standard InChI is InChI=1S/C22H20N2O4S/c1-13(2)11-17(24-20(25)14-7-3-4-8-15(14)21(24)26)22(27)28-12-19-23-16-9-5-6-10-18(16)29-19/h3-10,13,17H,11-12H2,1-2H3/t17-/m0/s1. The molecule has 7 heteroatoms. The van der Waals surface area contributed by atoms with Gasteiger partial charge in [0.05, 0.1) is 21.3 Å². The summed E-state index contributed by atoms with van der Waals surface area (Å²) in [6, 6.07) is 13.3. The minimum atomic E-state index is -0.961. The van der Waals surface area contributed by atoms with Crippen molar-refractivity contribution in [2.75, 3.05) is 0 Å². The Kier molecular flexibility index (Phi) is 5.15. The van der Waals surface area contributed by atoms with E-state index < -0.39 is 23.8 Å². The van der Waals surface area contributed by atoms with Crippen molar-refractivity contribution in [1.82, 2.24) is 9.88 Å². The number of fused-ring (bicyclic) bond motifs is 2. The van der Waals surface area contributed by atoms with Crippen molar-refractivity contribution in [3.8, 4) is 0 Å². The smallest absolute Gasteiger partial charge is 0.329 e.